The Kier molecular flexibility index (Phi) is 8.53. The second-order valence-corrected chi connectivity index (χ2v) is 11.1. The van der Waals surface area contributed by atoms with E-state index < -0.39 is 41.3 Å². The van der Waals surface area contributed by atoms with Crippen LogP contribution < -0.4 is 16.4 Å². The first-order chi connectivity index (χ1) is 20.4. The summed E-state index contributed by atoms with van der Waals surface area (Å²) in [6.45, 7) is 0.488. The van der Waals surface area contributed by atoms with E-state index in [2.05, 4.69) is 10.6 Å². The highest BCUT2D eigenvalue weighted by molar-refractivity contribution is 7.10. The van der Waals surface area contributed by atoms with Gasteiger partial charge in [0, 0.05) is 27.8 Å². The lowest BCUT2D eigenvalue weighted by Crippen LogP contribution is -2.49. The van der Waals surface area contributed by atoms with E-state index in [4.69, 9.17) is 20.6 Å². The summed E-state index contributed by atoms with van der Waals surface area (Å²) < 4.78 is 50.0. The third kappa shape index (κ3) is 6.87. The molecule has 0 bridgehead atoms. The molecule has 3 amide bonds. The maximum Gasteiger partial charge on any atom is 0.416 e. The van der Waals surface area contributed by atoms with Gasteiger partial charge in [-0.25, -0.2) is 0 Å². The van der Waals surface area contributed by atoms with Crippen molar-refractivity contribution in [3.05, 3.63) is 81.5 Å². The first-order valence-electron chi connectivity index (χ1n) is 13.3. The number of carbonyl (C=O) groups is 3. The van der Waals surface area contributed by atoms with Gasteiger partial charge in [0.05, 0.1) is 38.4 Å². The van der Waals surface area contributed by atoms with Crippen LogP contribution in [-0.4, -0.2) is 66.6 Å². The number of amides is 3. The summed E-state index contributed by atoms with van der Waals surface area (Å²) in [4.78, 5) is 41.3. The van der Waals surface area contributed by atoms with E-state index in [1.165, 1.54) is 40.5 Å². The van der Waals surface area contributed by atoms with Crippen molar-refractivity contribution in [3.63, 3.8) is 0 Å². The van der Waals surface area contributed by atoms with E-state index in [0.29, 0.717) is 29.9 Å². The zero-order valence-corrected chi connectivity index (χ0v) is 23.5. The Morgan fingerprint density at radius 2 is 1.63 bits per heavy atom. The summed E-state index contributed by atoms with van der Waals surface area (Å²) >= 11 is 1.34. The Hall–Kier alpha value is -4.27. The van der Waals surface area contributed by atoms with E-state index in [1.54, 1.807) is 23.6 Å². The molecule has 3 heterocycles. The topological polar surface area (TPSA) is 147 Å². The van der Waals surface area contributed by atoms with Gasteiger partial charge in [0.15, 0.2) is 5.79 Å². The molecule has 2 saturated heterocycles. The molecule has 0 saturated carbocycles. The molecular weight excluding hydrogens is 587 g/mol. The van der Waals surface area contributed by atoms with Gasteiger partial charge in [0.1, 0.15) is 11.9 Å². The average Bonchev–Trinajstić information content (AvgIpc) is 3.75. The number of nitrogens with one attached hydrogen (secondary N) is 3. The minimum absolute atomic E-state index is 0.0229. The summed E-state index contributed by atoms with van der Waals surface area (Å²) in [5, 5.41) is 14.6. The van der Waals surface area contributed by atoms with Crippen molar-refractivity contribution in [2.45, 2.75) is 31.0 Å². The van der Waals surface area contributed by atoms with Gasteiger partial charge >= 0.3 is 6.18 Å². The number of rotatable bonds is 8. The molecule has 0 radical (unpaired) electrons. The Morgan fingerprint density at radius 1 is 1.00 bits per heavy atom. The van der Waals surface area contributed by atoms with Gasteiger partial charge in [-0.15, -0.1) is 11.3 Å². The van der Waals surface area contributed by atoms with Crippen LogP contribution in [0.25, 0.3) is 11.1 Å². The van der Waals surface area contributed by atoms with Crippen molar-refractivity contribution in [1.29, 1.82) is 5.41 Å². The SMILES string of the molecule is N=C(N)c1csc(CNC(=O)C2CC3(CN2C(=O)CNC(=O)c2ccc(-c4ccc(C(F)(F)F)cc4)cc2)OCCO3)c1. The molecule has 2 aliphatic heterocycles. The fourth-order valence-corrected chi connectivity index (χ4v) is 5.80. The van der Waals surface area contributed by atoms with Crippen molar-refractivity contribution in [2.75, 3.05) is 26.3 Å². The van der Waals surface area contributed by atoms with Crippen LogP contribution in [0.5, 0.6) is 0 Å². The van der Waals surface area contributed by atoms with E-state index in [0.717, 1.165) is 17.0 Å². The molecule has 1 atom stereocenters. The lowest BCUT2D eigenvalue weighted by atomic mass is 10.0. The molecule has 1 spiro atoms. The number of thiophene rings is 1. The standard InChI is InChI=1S/C29H28F3N5O5S/c30-29(31,32)21-7-5-18(6-8-21)17-1-3-19(4-2-17)26(39)36-14-24(38)37-16-28(41-9-10-42-28)12-23(37)27(40)35-13-22-11-20(15-43-22)25(33)34/h1-8,11,15,23H,9-10,12-14,16H2,(H3,33,34)(H,35,40)(H,36,39). The van der Waals surface area contributed by atoms with Crippen molar-refractivity contribution in [2.24, 2.45) is 5.73 Å². The van der Waals surface area contributed by atoms with Crippen LogP contribution in [0.15, 0.2) is 60.0 Å². The molecule has 3 aromatic rings. The van der Waals surface area contributed by atoms with Crippen LogP contribution in [0.2, 0.25) is 0 Å². The summed E-state index contributed by atoms with van der Waals surface area (Å²) in [5.74, 6) is -2.61. The lowest BCUT2D eigenvalue weighted by molar-refractivity contribution is -0.152. The highest BCUT2D eigenvalue weighted by Crippen LogP contribution is 2.35. The summed E-state index contributed by atoms with van der Waals surface area (Å²) in [5.41, 5.74) is 6.73. The molecule has 2 fully saturated rings. The van der Waals surface area contributed by atoms with Gasteiger partial charge in [0.25, 0.3) is 5.91 Å². The van der Waals surface area contributed by atoms with Crippen molar-refractivity contribution in [1.82, 2.24) is 15.5 Å². The predicted octanol–water partition coefficient (Wildman–Crippen LogP) is 3.11. The van der Waals surface area contributed by atoms with Gasteiger partial charge in [-0.05, 0) is 41.5 Å². The lowest BCUT2D eigenvalue weighted by Gasteiger charge is -2.24. The van der Waals surface area contributed by atoms with Gasteiger partial charge in [0.2, 0.25) is 11.8 Å². The highest BCUT2D eigenvalue weighted by Gasteiger charge is 2.52. The largest absolute Gasteiger partial charge is 0.416 e. The molecule has 14 heteroatoms. The van der Waals surface area contributed by atoms with Crippen LogP contribution >= 0.6 is 11.3 Å². The molecule has 10 nitrogen and oxygen atoms in total. The van der Waals surface area contributed by atoms with Gasteiger partial charge in [-0.1, -0.05) is 24.3 Å². The average molecular weight is 616 g/mol. The molecule has 0 aliphatic carbocycles. The van der Waals surface area contributed by atoms with Gasteiger partial charge < -0.3 is 30.7 Å². The Morgan fingerprint density at radius 3 is 2.21 bits per heavy atom. The number of amidine groups is 1. The molecule has 226 valence electrons. The third-order valence-electron chi connectivity index (χ3n) is 7.22. The van der Waals surface area contributed by atoms with Crippen LogP contribution in [0.4, 0.5) is 13.2 Å². The van der Waals surface area contributed by atoms with Crippen molar-refractivity contribution < 1.29 is 37.0 Å². The number of benzene rings is 2. The number of nitrogens with zero attached hydrogens (tertiary/aromatic N) is 1. The highest BCUT2D eigenvalue weighted by atomic mass is 32.1. The third-order valence-corrected chi connectivity index (χ3v) is 8.16. The Balaban J connectivity index is 1.19. The fourth-order valence-electron chi connectivity index (χ4n) is 4.97. The maximum atomic E-state index is 13.2. The van der Waals surface area contributed by atoms with E-state index in [1.807, 2.05) is 0 Å². The monoisotopic (exact) mass is 615 g/mol. The zero-order valence-electron chi connectivity index (χ0n) is 22.7. The van der Waals surface area contributed by atoms with E-state index in [-0.39, 0.29) is 37.5 Å². The molecule has 2 aliphatic rings. The van der Waals surface area contributed by atoms with E-state index >= 15 is 0 Å². The second kappa shape index (κ2) is 12.1. The predicted molar refractivity (Wildman–Crippen MR) is 151 cm³/mol. The first-order valence-corrected chi connectivity index (χ1v) is 14.1. The number of nitrogens with two attached hydrogens (primary N) is 1. The maximum absolute atomic E-state index is 13.2. The quantitative estimate of drug-likeness (QED) is 0.226. The zero-order chi connectivity index (χ0) is 30.8. The normalized spacial score (nSPS) is 17.7. The van der Waals surface area contributed by atoms with Crippen LogP contribution in [0.1, 0.15) is 32.8 Å². The van der Waals surface area contributed by atoms with Crippen molar-refractivity contribution in [3.8, 4) is 11.1 Å². The molecule has 1 aromatic heterocycles. The number of carbonyl (C=O) groups excluding carboxylic acids is 3. The number of halogens is 3. The smallest absolute Gasteiger partial charge is 0.384 e. The van der Waals surface area contributed by atoms with E-state index in [9.17, 15) is 27.6 Å². The molecule has 43 heavy (non-hydrogen) atoms. The molecule has 2 aromatic carbocycles. The summed E-state index contributed by atoms with van der Waals surface area (Å²) in [6.07, 6.45) is -4.30. The minimum Gasteiger partial charge on any atom is -0.384 e. The van der Waals surface area contributed by atoms with Crippen LogP contribution in [0.3, 0.4) is 0 Å². The number of nitrogen functional groups attached to an aromatic ring is 1. The molecule has 5 N–H and O–H groups in total. The molecular formula is C29H28F3N5O5S. The number of hydrogen-bond donors (Lipinski definition) is 4. The number of hydrogen-bond acceptors (Lipinski definition) is 7. The Labute approximate surface area is 248 Å². The summed E-state index contributed by atoms with van der Waals surface area (Å²) in [6, 6.07) is 11.7. The summed E-state index contributed by atoms with van der Waals surface area (Å²) in [7, 11) is 0. The Bertz CT molecular complexity index is 1520. The number of ether oxygens (including phenoxy) is 2. The molecule has 5 rings (SSSR count). The van der Waals surface area contributed by atoms with Crippen LogP contribution in [0, 0.1) is 5.41 Å². The van der Waals surface area contributed by atoms with Gasteiger partial charge in [-0.3, -0.25) is 19.8 Å². The van der Waals surface area contributed by atoms with Crippen molar-refractivity contribution >= 4 is 34.9 Å². The fraction of sp³-hybridized carbons (Fsp3) is 0.310. The minimum atomic E-state index is -4.43. The first kappa shape index (κ1) is 30.2. The number of likely N-dealkylation sites (tertiary alicyclic amines) is 1. The number of alkyl halides is 3. The van der Waals surface area contributed by atoms with Gasteiger partial charge in [-0.2, -0.15) is 13.2 Å². The van der Waals surface area contributed by atoms with Crippen LogP contribution in [-0.2, 0) is 31.8 Å². The second-order valence-electron chi connectivity index (χ2n) is 10.1. The molecule has 1 unspecified atom stereocenters.